The lowest BCUT2D eigenvalue weighted by Crippen LogP contribution is -2.60. The molecule has 0 aliphatic heterocycles. The van der Waals surface area contributed by atoms with Crippen LogP contribution in [0, 0.1) is 29.1 Å². The van der Waals surface area contributed by atoms with Crippen molar-refractivity contribution in [3.63, 3.8) is 0 Å². The molecular formula is C46H68O4. The van der Waals surface area contributed by atoms with Crippen LogP contribution in [0.3, 0.4) is 0 Å². The first kappa shape index (κ1) is 39.8. The highest BCUT2D eigenvalue weighted by Crippen LogP contribution is 2.61. The normalized spacial score (nSPS) is 25.1. The number of carbonyl (C=O) groups is 1. The van der Waals surface area contributed by atoms with Crippen LogP contribution in [0.4, 0.5) is 0 Å². The van der Waals surface area contributed by atoms with Crippen molar-refractivity contribution >= 4 is 16.7 Å². The van der Waals surface area contributed by atoms with Crippen LogP contribution in [-0.4, -0.2) is 22.3 Å². The van der Waals surface area contributed by atoms with E-state index in [-0.39, 0.29) is 22.6 Å². The van der Waals surface area contributed by atoms with Gasteiger partial charge >= 0.3 is 5.97 Å². The van der Waals surface area contributed by atoms with Gasteiger partial charge in [0.15, 0.2) is 0 Å². The number of hydrogen-bond donors (Lipinski definition) is 1. The standard InChI is InChI=1S/C18H30O2.C14H16O.C14H22O/c1-5-17(3,4)16(19)20-18(6-2)14-8-12-7-13(10-14)11-15(18)9-12;1-3-10(2)11-4-5-13-9-14(15)7-6-12(13)8-11;1-6-11(2)12-7-9-13(10-8-12)15-14(3,4)5/h12-15H,5-11H2,1-4H3;4-10,15H,3H2,1-2H3;7-11H,6H2,1-5H3. The third-order valence-electron chi connectivity index (χ3n) is 12.3. The van der Waals surface area contributed by atoms with Gasteiger partial charge in [0.25, 0.3) is 0 Å². The zero-order valence-corrected chi connectivity index (χ0v) is 33.3. The van der Waals surface area contributed by atoms with Gasteiger partial charge < -0.3 is 14.6 Å². The number of aromatic hydroxyl groups is 1. The maximum Gasteiger partial charge on any atom is 0.312 e. The van der Waals surface area contributed by atoms with E-state index < -0.39 is 0 Å². The molecule has 2 atom stereocenters. The SMILES string of the molecule is CCC(C)(C)C(=O)OC1(CC)C2CC3CC(C2)CC1C3.CCC(C)c1ccc(OC(C)(C)C)cc1.CCC(C)c1ccc2cc(O)ccc2c1. The van der Waals surface area contributed by atoms with Crippen LogP contribution in [0.25, 0.3) is 10.8 Å². The molecule has 0 amide bonds. The average Bonchev–Trinajstić information content (AvgIpc) is 3.08. The largest absolute Gasteiger partial charge is 0.508 e. The second-order valence-electron chi connectivity index (χ2n) is 17.4. The fraction of sp³-hybridized carbons (Fsp3) is 0.630. The van der Waals surface area contributed by atoms with Crippen molar-refractivity contribution in [3.05, 3.63) is 71.8 Å². The molecule has 1 N–H and O–H groups in total. The minimum atomic E-state index is -0.336. The van der Waals surface area contributed by atoms with Crippen LogP contribution in [-0.2, 0) is 9.53 Å². The number of hydrogen-bond acceptors (Lipinski definition) is 4. The number of fused-ring (bicyclic) bond motifs is 1. The van der Waals surface area contributed by atoms with Crippen molar-refractivity contribution in [3.8, 4) is 11.5 Å². The van der Waals surface area contributed by atoms with Crippen LogP contribution in [0.2, 0.25) is 0 Å². The van der Waals surface area contributed by atoms with E-state index in [4.69, 9.17) is 9.47 Å². The van der Waals surface area contributed by atoms with Gasteiger partial charge in [-0.1, -0.05) is 77.9 Å². The Bertz CT molecular complexity index is 1500. The molecule has 0 radical (unpaired) electrons. The summed E-state index contributed by atoms with van der Waals surface area (Å²) >= 11 is 0. The lowest BCUT2D eigenvalue weighted by molar-refractivity contribution is -0.218. The van der Waals surface area contributed by atoms with E-state index in [1.807, 2.05) is 19.9 Å². The van der Waals surface area contributed by atoms with Crippen molar-refractivity contribution in [2.45, 2.75) is 157 Å². The van der Waals surface area contributed by atoms with Gasteiger partial charge in [0.2, 0.25) is 0 Å². The molecule has 276 valence electrons. The van der Waals surface area contributed by atoms with Crippen molar-refractivity contribution in [1.82, 2.24) is 0 Å². The Morgan fingerprint density at radius 3 is 1.74 bits per heavy atom. The Morgan fingerprint density at radius 2 is 1.24 bits per heavy atom. The second kappa shape index (κ2) is 16.6. The summed E-state index contributed by atoms with van der Waals surface area (Å²) in [5, 5.41) is 11.7. The topological polar surface area (TPSA) is 55.8 Å². The Morgan fingerprint density at radius 1 is 0.740 bits per heavy atom. The maximum atomic E-state index is 12.6. The maximum absolute atomic E-state index is 12.6. The van der Waals surface area contributed by atoms with E-state index in [2.05, 4.69) is 105 Å². The van der Waals surface area contributed by atoms with Gasteiger partial charge in [0.05, 0.1) is 5.41 Å². The predicted molar refractivity (Wildman–Crippen MR) is 210 cm³/mol. The summed E-state index contributed by atoms with van der Waals surface area (Å²) in [4.78, 5) is 12.6. The van der Waals surface area contributed by atoms with Crippen molar-refractivity contribution in [2.75, 3.05) is 0 Å². The molecule has 0 saturated heterocycles. The van der Waals surface area contributed by atoms with Gasteiger partial charge in [-0.3, -0.25) is 4.79 Å². The average molecular weight is 685 g/mol. The first-order valence-corrected chi connectivity index (χ1v) is 19.8. The van der Waals surface area contributed by atoms with E-state index in [0.29, 0.717) is 29.4 Å². The van der Waals surface area contributed by atoms with Crippen molar-refractivity contribution in [1.29, 1.82) is 0 Å². The molecular weight excluding hydrogens is 617 g/mol. The molecule has 4 nitrogen and oxygen atoms in total. The third-order valence-corrected chi connectivity index (χ3v) is 12.3. The van der Waals surface area contributed by atoms with Crippen molar-refractivity contribution in [2.24, 2.45) is 29.1 Å². The number of ether oxygens (including phenoxy) is 2. The fourth-order valence-corrected chi connectivity index (χ4v) is 8.50. The second-order valence-corrected chi connectivity index (χ2v) is 17.4. The summed E-state index contributed by atoms with van der Waals surface area (Å²) in [5.41, 5.74) is 2.18. The van der Waals surface area contributed by atoms with Gasteiger partial charge in [0, 0.05) is 0 Å². The number of rotatable bonds is 9. The summed E-state index contributed by atoms with van der Waals surface area (Å²) in [6, 6.07) is 20.4. The predicted octanol–water partition coefficient (Wildman–Crippen LogP) is 13.0. The fourth-order valence-electron chi connectivity index (χ4n) is 8.50. The quantitative estimate of drug-likeness (QED) is 0.228. The van der Waals surface area contributed by atoms with Crippen LogP contribution in [0.1, 0.15) is 157 Å². The Kier molecular flexibility index (Phi) is 13.2. The van der Waals surface area contributed by atoms with Gasteiger partial charge in [-0.15, -0.1) is 0 Å². The van der Waals surface area contributed by atoms with Gasteiger partial charge in [-0.2, -0.15) is 0 Å². The van der Waals surface area contributed by atoms with E-state index in [1.165, 1.54) is 55.0 Å². The molecule has 7 rings (SSSR count). The van der Waals surface area contributed by atoms with E-state index >= 15 is 0 Å². The lowest BCUT2D eigenvalue weighted by Gasteiger charge is -2.60. The van der Waals surface area contributed by atoms with E-state index in [0.717, 1.165) is 42.2 Å². The summed E-state index contributed by atoms with van der Waals surface area (Å²) < 4.78 is 12.1. The number of esters is 1. The molecule has 4 aliphatic rings. The van der Waals surface area contributed by atoms with Crippen LogP contribution in [0.5, 0.6) is 11.5 Å². The first-order valence-electron chi connectivity index (χ1n) is 19.8. The van der Waals surface area contributed by atoms with Gasteiger partial charge in [-0.25, -0.2) is 0 Å². The molecule has 3 aromatic carbocycles. The van der Waals surface area contributed by atoms with Gasteiger partial charge in [-0.05, 0) is 174 Å². The lowest BCUT2D eigenvalue weighted by atomic mass is 9.49. The number of phenolic OH excluding ortho intramolecular Hbond substituents is 1. The molecule has 4 fully saturated rings. The number of benzene rings is 3. The molecule has 0 aromatic heterocycles. The van der Waals surface area contributed by atoms with E-state index in [1.54, 1.807) is 12.1 Å². The number of carbonyl (C=O) groups excluding carboxylic acids is 1. The molecule has 3 aromatic rings. The highest BCUT2D eigenvalue weighted by Gasteiger charge is 2.59. The zero-order chi connectivity index (χ0) is 36.9. The summed E-state index contributed by atoms with van der Waals surface area (Å²) in [6.45, 7) is 23.5. The zero-order valence-electron chi connectivity index (χ0n) is 33.3. The minimum absolute atomic E-state index is 0.0364. The first-order chi connectivity index (χ1) is 23.5. The molecule has 0 heterocycles. The van der Waals surface area contributed by atoms with Crippen LogP contribution < -0.4 is 4.74 Å². The van der Waals surface area contributed by atoms with Crippen molar-refractivity contribution < 1.29 is 19.4 Å². The molecule has 4 aliphatic carbocycles. The monoisotopic (exact) mass is 685 g/mol. The summed E-state index contributed by atoms with van der Waals surface area (Å²) in [6.07, 6.45) is 10.9. The Balaban J connectivity index is 0.000000172. The highest BCUT2D eigenvalue weighted by atomic mass is 16.6. The Labute approximate surface area is 304 Å². The smallest absolute Gasteiger partial charge is 0.312 e. The molecule has 4 bridgehead atoms. The Hall–Kier alpha value is -3.01. The van der Waals surface area contributed by atoms with Gasteiger partial charge in [0.1, 0.15) is 22.7 Å². The minimum Gasteiger partial charge on any atom is -0.508 e. The van der Waals surface area contributed by atoms with E-state index in [9.17, 15) is 9.90 Å². The third kappa shape index (κ3) is 9.65. The molecule has 4 saturated carbocycles. The van der Waals surface area contributed by atoms with Crippen LogP contribution in [0.15, 0.2) is 60.7 Å². The highest BCUT2D eigenvalue weighted by molar-refractivity contribution is 5.84. The molecule has 2 unspecified atom stereocenters. The molecule has 0 spiro atoms. The number of phenols is 1. The molecule has 4 heteroatoms. The molecule has 50 heavy (non-hydrogen) atoms. The van der Waals surface area contributed by atoms with Crippen LogP contribution >= 0.6 is 0 Å². The summed E-state index contributed by atoms with van der Waals surface area (Å²) in [7, 11) is 0. The summed E-state index contributed by atoms with van der Waals surface area (Å²) in [5.74, 6) is 5.69.